The molecule has 0 N–H and O–H groups in total. The number of hydrogen-bond acceptors (Lipinski definition) is 4. The molecule has 1 unspecified atom stereocenters. The van der Waals surface area contributed by atoms with Crippen LogP contribution in [0.25, 0.3) is 0 Å². The Morgan fingerprint density at radius 1 is 1.35 bits per heavy atom. The van der Waals surface area contributed by atoms with E-state index >= 15 is 0 Å². The van der Waals surface area contributed by atoms with Crippen LogP contribution in [0.2, 0.25) is 0 Å². The fourth-order valence-corrected chi connectivity index (χ4v) is 2.55. The van der Waals surface area contributed by atoms with Crippen molar-refractivity contribution in [3.8, 4) is 0 Å². The lowest BCUT2D eigenvalue weighted by Crippen LogP contribution is -2.27. The molecule has 0 spiro atoms. The molecule has 1 heterocycles. The van der Waals surface area contributed by atoms with Crippen LogP contribution in [0.1, 0.15) is 25.3 Å². The Labute approximate surface area is 119 Å². The molecule has 4 heteroatoms. The van der Waals surface area contributed by atoms with E-state index < -0.39 is 0 Å². The second kappa shape index (κ2) is 7.20. The molecule has 1 atom stereocenters. The molecule has 1 aromatic carbocycles. The molecule has 2 rings (SSSR count). The molecule has 0 radical (unpaired) electrons. The average molecular weight is 275 g/mol. The first-order valence-corrected chi connectivity index (χ1v) is 7.13. The molecule has 4 nitrogen and oxygen atoms in total. The van der Waals surface area contributed by atoms with Crippen molar-refractivity contribution >= 4 is 11.8 Å². The number of ketones is 1. The Kier molecular flexibility index (Phi) is 5.30. The van der Waals surface area contributed by atoms with E-state index in [1.807, 2.05) is 18.2 Å². The van der Waals surface area contributed by atoms with Crippen LogP contribution in [0.15, 0.2) is 30.3 Å². The summed E-state index contributed by atoms with van der Waals surface area (Å²) in [5, 5.41) is 0. The molecular formula is C16H21NO3. The molecule has 1 fully saturated rings. The van der Waals surface area contributed by atoms with Gasteiger partial charge in [-0.05, 0) is 25.5 Å². The summed E-state index contributed by atoms with van der Waals surface area (Å²) in [5.74, 6) is -0.387. The van der Waals surface area contributed by atoms with Gasteiger partial charge in [0.1, 0.15) is 5.78 Å². The molecular weight excluding hydrogens is 254 g/mol. The monoisotopic (exact) mass is 275 g/mol. The van der Waals surface area contributed by atoms with E-state index in [4.69, 9.17) is 4.74 Å². The third-order valence-corrected chi connectivity index (χ3v) is 3.54. The van der Waals surface area contributed by atoms with Gasteiger partial charge in [-0.3, -0.25) is 14.5 Å². The lowest BCUT2D eigenvalue weighted by atomic mass is 10.0. The van der Waals surface area contributed by atoms with Gasteiger partial charge >= 0.3 is 5.97 Å². The van der Waals surface area contributed by atoms with Crippen molar-refractivity contribution in [3.63, 3.8) is 0 Å². The van der Waals surface area contributed by atoms with Crippen LogP contribution >= 0.6 is 0 Å². The quantitative estimate of drug-likeness (QED) is 0.789. The van der Waals surface area contributed by atoms with Gasteiger partial charge in [-0.25, -0.2) is 0 Å². The van der Waals surface area contributed by atoms with Gasteiger partial charge in [0.25, 0.3) is 0 Å². The normalized spacial score (nSPS) is 20.4. The Balaban J connectivity index is 1.95. The third kappa shape index (κ3) is 4.17. The maximum absolute atomic E-state index is 12.0. The van der Waals surface area contributed by atoms with Gasteiger partial charge in [-0.15, -0.1) is 0 Å². The highest BCUT2D eigenvalue weighted by Gasteiger charge is 2.28. The van der Waals surface area contributed by atoms with Crippen molar-refractivity contribution in [1.29, 1.82) is 0 Å². The van der Waals surface area contributed by atoms with E-state index in [1.54, 1.807) is 6.92 Å². The Morgan fingerprint density at radius 3 is 2.80 bits per heavy atom. The number of carbonyl (C=O) groups is 2. The molecule has 1 saturated heterocycles. The average Bonchev–Trinajstić information content (AvgIpc) is 2.62. The van der Waals surface area contributed by atoms with Crippen LogP contribution < -0.4 is 0 Å². The first-order valence-electron chi connectivity index (χ1n) is 7.13. The zero-order chi connectivity index (χ0) is 14.4. The van der Waals surface area contributed by atoms with Crippen LogP contribution in [0.4, 0.5) is 0 Å². The highest BCUT2D eigenvalue weighted by atomic mass is 16.5. The number of ether oxygens (including phenoxy) is 1. The molecule has 1 aliphatic heterocycles. The van der Waals surface area contributed by atoms with E-state index in [9.17, 15) is 9.59 Å². The molecule has 20 heavy (non-hydrogen) atoms. The first-order chi connectivity index (χ1) is 9.69. The maximum atomic E-state index is 12.0. The minimum atomic E-state index is -0.275. The fourth-order valence-electron chi connectivity index (χ4n) is 2.55. The summed E-state index contributed by atoms with van der Waals surface area (Å²) in [7, 11) is 0. The van der Waals surface area contributed by atoms with Crippen LogP contribution in [-0.2, 0) is 20.9 Å². The SMILES string of the molecule is CCOC(=O)C1CCN(Cc2ccccc2)CC(=O)C1. The summed E-state index contributed by atoms with van der Waals surface area (Å²) in [4.78, 5) is 25.8. The van der Waals surface area contributed by atoms with Crippen LogP contribution in [0.3, 0.4) is 0 Å². The topological polar surface area (TPSA) is 46.6 Å². The summed E-state index contributed by atoms with van der Waals surface area (Å²) < 4.78 is 5.03. The summed E-state index contributed by atoms with van der Waals surface area (Å²) in [6, 6.07) is 10.1. The molecule has 0 bridgehead atoms. The number of Topliss-reactive ketones (excluding diaryl/α,β-unsaturated/α-hetero) is 1. The van der Waals surface area contributed by atoms with Crippen molar-refractivity contribution in [1.82, 2.24) is 4.90 Å². The fraction of sp³-hybridized carbons (Fsp3) is 0.500. The predicted octanol–water partition coefficient (Wildman–Crippen LogP) is 2.03. The highest BCUT2D eigenvalue weighted by molar-refractivity contribution is 5.86. The number of esters is 1. The number of rotatable bonds is 4. The van der Waals surface area contributed by atoms with Gasteiger partial charge in [-0.1, -0.05) is 30.3 Å². The number of benzene rings is 1. The summed E-state index contributed by atoms with van der Waals surface area (Å²) in [6.07, 6.45) is 1.00. The van der Waals surface area contributed by atoms with E-state index in [-0.39, 0.29) is 17.7 Å². The van der Waals surface area contributed by atoms with E-state index in [1.165, 1.54) is 5.56 Å². The Morgan fingerprint density at radius 2 is 2.10 bits per heavy atom. The van der Waals surface area contributed by atoms with Crippen molar-refractivity contribution in [2.24, 2.45) is 5.92 Å². The molecule has 0 aromatic heterocycles. The third-order valence-electron chi connectivity index (χ3n) is 3.54. The molecule has 1 aliphatic rings. The van der Waals surface area contributed by atoms with Gasteiger partial charge in [-0.2, -0.15) is 0 Å². The molecule has 0 aliphatic carbocycles. The van der Waals surface area contributed by atoms with E-state index in [0.717, 1.165) is 13.1 Å². The van der Waals surface area contributed by atoms with Gasteiger partial charge in [0.15, 0.2) is 0 Å². The van der Waals surface area contributed by atoms with Crippen molar-refractivity contribution < 1.29 is 14.3 Å². The van der Waals surface area contributed by atoms with Gasteiger partial charge in [0.05, 0.1) is 19.1 Å². The highest BCUT2D eigenvalue weighted by Crippen LogP contribution is 2.18. The summed E-state index contributed by atoms with van der Waals surface area (Å²) in [6.45, 7) is 4.09. The van der Waals surface area contributed by atoms with E-state index in [0.29, 0.717) is 26.0 Å². The van der Waals surface area contributed by atoms with Gasteiger partial charge in [0.2, 0.25) is 0 Å². The van der Waals surface area contributed by atoms with Crippen molar-refractivity contribution in [2.75, 3.05) is 19.7 Å². The zero-order valence-corrected chi connectivity index (χ0v) is 11.9. The smallest absolute Gasteiger partial charge is 0.309 e. The zero-order valence-electron chi connectivity index (χ0n) is 11.9. The Hall–Kier alpha value is -1.68. The molecule has 1 aromatic rings. The van der Waals surface area contributed by atoms with Crippen molar-refractivity contribution in [3.05, 3.63) is 35.9 Å². The molecule has 0 amide bonds. The lowest BCUT2D eigenvalue weighted by molar-refractivity contribution is -0.149. The second-order valence-electron chi connectivity index (χ2n) is 5.18. The van der Waals surface area contributed by atoms with E-state index in [2.05, 4.69) is 17.0 Å². The van der Waals surface area contributed by atoms with Gasteiger partial charge in [0, 0.05) is 13.0 Å². The Bertz CT molecular complexity index is 458. The van der Waals surface area contributed by atoms with Crippen LogP contribution in [0, 0.1) is 5.92 Å². The minimum Gasteiger partial charge on any atom is -0.466 e. The summed E-state index contributed by atoms with van der Waals surface area (Å²) in [5.41, 5.74) is 1.19. The largest absolute Gasteiger partial charge is 0.466 e. The lowest BCUT2D eigenvalue weighted by Gasteiger charge is -2.19. The molecule has 108 valence electrons. The number of hydrogen-bond donors (Lipinski definition) is 0. The van der Waals surface area contributed by atoms with Gasteiger partial charge < -0.3 is 4.74 Å². The maximum Gasteiger partial charge on any atom is 0.309 e. The number of nitrogens with zero attached hydrogens (tertiary/aromatic N) is 1. The standard InChI is InChI=1S/C16H21NO3/c1-2-20-16(19)14-8-9-17(12-15(18)10-14)11-13-6-4-3-5-7-13/h3-7,14H,2,8-12H2,1H3. The first kappa shape index (κ1) is 14.7. The van der Waals surface area contributed by atoms with Crippen LogP contribution in [0.5, 0.6) is 0 Å². The number of likely N-dealkylation sites (tertiary alicyclic amines) is 1. The van der Waals surface area contributed by atoms with Crippen LogP contribution in [-0.4, -0.2) is 36.3 Å². The summed E-state index contributed by atoms with van der Waals surface area (Å²) >= 11 is 0. The second-order valence-corrected chi connectivity index (χ2v) is 5.18. The number of carbonyl (C=O) groups excluding carboxylic acids is 2. The molecule has 0 saturated carbocycles. The van der Waals surface area contributed by atoms with Crippen molar-refractivity contribution in [2.45, 2.75) is 26.3 Å². The predicted molar refractivity (Wildman–Crippen MR) is 76.1 cm³/mol. The minimum absolute atomic E-state index is 0.122.